The third-order valence-electron chi connectivity index (χ3n) is 2.38. The number of aliphatic hydroxyl groups is 1. The molecule has 0 saturated heterocycles. The molecule has 15 heavy (non-hydrogen) atoms. The molecule has 1 nitrogen and oxygen atoms in total. The van der Waals surface area contributed by atoms with Gasteiger partial charge in [0.15, 0.2) is 0 Å². The molecule has 0 fully saturated rings. The van der Waals surface area contributed by atoms with E-state index in [-0.39, 0.29) is 6.42 Å². The van der Waals surface area contributed by atoms with E-state index in [9.17, 15) is 8.78 Å². The van der Waals surface area contributed by atoms with E-state index in [1.54, 1.807) is 12.1 Å². The van der Waals surface area contributed by atoms with Gasteiger partial charge < -0.3 is 5.11 Å². The van der Waals surface area contributed by atoms with Gasteiger partial charge in [-0.15, -0.1) is 0 Å². The lowest BCUT2D eigenvalue weighted by atomic mass is 10.00. The third-order valence-corrected chi connectivity index (χ3v) is 2.38. The molecular weight excluding hydrogens is 198 g/mol. The SMILES string of the molecule is CC(C)c1ccc(CC(O)C(F)F)cc1. The fraction of sp³-hybridized carbons (Fsp3) is 0.500. The molecule has 0 aromatic heterocycles. The Morgan fingerprint density at radius 1 is 1.13 bits per heavy atom. The van der Waals surface area contributed by atoms with Crippen LogP contribution in [0.3, 0.4) is 0 Å². The highest BCUT2D eigenvalue weighted by molar-refractivity contribution is 5.25. The van der Waals surface area contributed by atoms with E-state index in [0.29, 0.717) is 5.92 Å². The smallest absolute Gasteiger partial charge is 0.264 e. The number of halogens is 2. The Morgan fingerprint density at radius 3 is 2.07 bits per heavy atom. The number of benzene rings is 1. The van der Waals surface area contributed by atoms with Crippen LogP contribution in [0.4, 0.5) is 8.78 Å². The minimum Gasteiger partial charge on any atom is -0.387 e. The van der Waals surface area contributed by atoms with Gasteiger partial charge in [-0.3, -0.25) is 0 Å². The minimum absolute atomic E-state index is 0.00996. The van der Waals surface area contributed by atoms with E-state index in [0.717, 1.165) is 5.56 Å². The van der Waals surface area contributed by atoms with Crippen molar-refractivity contribution in [3.63, 3.8) is 0 Å². The summed E-state index contributed by atoms with van der Waals surface area (Å²) in [7, 11) is 0. The van der Waals surface area contributed by atoms with Gasteiger partial charge in [0.05, 0.1) is 0 Å². The number of aliphatic hydroxyl groups excluding tert-OH is 1. The molecule has 0 spiro atoms. The molecule has 0 aliphatic rings. The van der Waals surface area contributed by atoms with Gasteiger partial charge >= 0.3 is 0 Å². The molecule has 0 bridgehead atoms. The maximum atomic E-state index is 12.1. The zero-order chi connectivity index (χ0) is 11.4. The molecule has 0 radical (unpaired) electrons. The molecule has 1 N–H and O–H groups in total. The van der Waals surface area contributed by atoms with Crippen LogP contribution in [0.2, 0.25) is 0 Å². The highest BCUT2D eigenvalue weighted by Gasteiger charge is 2.16. The summed E-state index contributed by atoms with van der Waals surface area (Å²) >= 11 is 0. The van der Waals surface area contributed by atoms with Gasteiger partial charge in [0, 0.05) is 6.42 Å². The molecule has 84 valence electrons. The summed E-state index contributed by atoms with van der Waals surface area (Å²) in [6.45, 7) is 4.14. The van der Waals surface area contributed by atoms with Crippen molar-refractivity contribution in [1.29, 1.82) is 0 Å². The Balaban J connectivity index is 2.64. The van der Waals surface area contributed by atoms with Crippen molar-refractivity contribution in [1.82, 2.24) is 0 Å². The second kappa shape index (κ2) is 5.21. The zero-order valence-corrected chi connectivity index (χ0v) is 8.95. The van der Waals surface area contributed by atoms with Crippen LogP contribution < -0.4 is 0 Å². The largest absolute Gasteiger partial charge is 0.387 e. The molecule has 3 heteroatoms. The molecule has 0 aliphatic heterocycles. The Hall–Kier alpha value is -0.960. The van der Waals surface area contributed by atoms with Crippen molar-refractivity contribution in [2.24, 2.45) is 0 Å². The average molecular weight is 214 g/mol. The molecule has 0 aliphatic carbocycles. The highest BCUT2D eigenvalue weighted by Crippen LogP contribution is 2.16. The van der Waals surface area contributed by atoms with Crippen LogP contribution in [0.5, 0.6) is 0 Å². The summed E-state index contributed by atoms with van der Waals surface area (Å²) in [5.74, 6) is 0.430. The number of hydrogen-bond acceptors (Lipinski definition) is 1. The fourth-order valence-electron chi connectivity index (χ4n) is 1.37. The maximum Gasteiger partial charge on any atom is 0.264 e. The van der Waals surface area contributed by atoms with Crippen LogP contribution in [0.25, 0.3) is 0 Å². The molecule has 1 unspecified atom stereocenters. The molecule has 0 amide bonds. The van der Waals surface area contributed by atoms with E-state index in [4.69, 9.17) is 5.11 Å². The summed E-state index contributed by atoms with van der Waals surface area (Å²) in [6, 6.07) is 7.41. The van der Waals surface area contributed by atoms with Crippen molar-refractivity contribution in [3.8, 4) is 0 Å². The van der Waals surface area contributed by atoms with Gasteiger partial charge in [-0.2, -0.15) is 0 Å². The first kappa shape index (κ1) is 12.1. The summed E-state index contributed by atoms with van der Waals surface area (Å²) in [6.07, 6.45) is -4.22. The maximum absolute atomic E-state index is 12.1. The lowest BCUT2D eigenvalue weighted by molar-refractivity contribution is -0.00365. The molecule has 1 atom stereocenters. The first-order valence-corrected chi connectivity index (χ1v) is 5.05. The van der Waals surface area contributed by atoms with Gasteiger partial charge in [0.1, 0.15) is 6.10 Å². The van der Waals surface area contributed by atoms with Crippen LogP contribution in [-0.4, -0.2) is 17.6 Å². The average Bonchev–Trinajstić information content (AvgIpc) is 2.18. The van der Waals surface area contributed by atoms with Crippen molar-refractivity contribution in [3.05, 3.63) is 35.4 Å². The highest BCUT2D eigenvalue weighted by atomic mass is 19.3. The third kappa shape index (κ3) is 3.59. The Bertz CT molecular complexity index is 293. The lowest BCUT2D eigenvalue weighted by Crippen LogP contribution is -2.20. The van der Waals surface area contributed by atoms with Gasteiger partial charge in [-0.05, 0) is 17.0 Å². The zero-order valence-electron chi connectivity index (χ0n) is 8.95. The van der Waals surface area contributed by atoms with Gasteiger partial charge in [0.2, 0.25) is 0 Å². The summed E-state index contributed by atoms with van der Waals surface area (Å²) in [5, 5.41) is 9.01. The molecule has 1 rings (SSSR count). The topological polar surface area (TPSA) is 20.2 Å². The quantitative estimate of drug-likeness (QED) is 0.817. The summed E-state index contributed by atoms with van der Waals surface area (Å²) in [5.41, 5.74) is 1.91. The normalized spacial score (nSPS) is 13.5. The summed E-state index contributed by atoms with van der Waals surface area (Å²) in [4.78, 5) is 0. The molecule has 0 heterocycles. The predicted octanol–water partition coefficient (Wildman–Crippen LogP) is 2.98. The van der Waals surface area contributed by atoms with Crippen LogP contribution in [0, 0.1) is 0 Å². The molecule has 0 saturated carbocycles. The van der Waals surface area contributed by atoms with Crippen molar-refractivity contribution in [2.45, 2.75) is 38.7 Å². The summed E-state index contributed by atoms with van der Waals surface area (Å²) < 4.78 is 24.1. The number of hydrogen-bond donors (Lipinski definition) is 1. The number of rotatable bonds is 4. The van der Waals surface area contributed by atoms with Crippen LogP contribution in [0.1, 0.15) is 30.9 Å². The van der Waals surface area contributed by atoms with Crippen molar-refractivity contribution < 1.29 is 13.9 Å². The molecule has 1 aromatic rings. The second-order valence-corrected chi connectivity index (χ2v) is 4.00. The lowest BCUT2D eigenvalue weighted by Gasteiger charge is -2.10. The van der Waals surface area contributed by atoms with E-state index in [2.05, 4.69) is 13.8 Å². The monoisotopic (exact) mass is 214 g/mol. The molecule has 1 aromatic carbocycles. The number of alkyl halides is 2. The van der Waals surface area contributed by atoms with Crippen LogP contribution in [-0.2, 0) is 6.42 Å². The Labute approximate surface area is 88.7 Å². The Morgan fingerprint density at radius 2 is 1.67 bits per heavy atom. The Kier molecular flexibility index (Phi) is 4.21. The standard InChI is InChI=1S/C12H16F2O/c1-8(2)10-5-3-9(4-6-10)7-11(15)12(13)14/h3-6,8,11-12,15H,7H2,1-2H3. The van der Waals surface area contributed by atoms with E-state index in [1.165, 1.54) is 5.56 Å². The first-order valence-electron chi connectivity index (χ1n) is 5.05. The molecular formula is C12H16F2O. The predicted molar refractivity (Wildman–Crippen MR) is 56.2 cm³/mol. The second-order valence-electron chi connectivity index (χ2n) is 4.00. The van der Waals surface area contributed by atoms with Gasteiger partial charge in [-0.1, -0.05) is 38.1 Å². The minimum atomic E-state index is -2.67. The van der Waals surface area contributed by atoms with Crippen molar-refractivity contribution in [2.75, 3.05) is 0 Å². The van der Waals surface area contributed by atoms with E-state index in [1.807, 2.05) is 12.1 Å². The van der Waals surface area contributed by atoms with E-state index >= 15 is 0 Å². The van der Waals surface area contributed by atoms with Gasteiger partial charge in [0.25, 0.3) is 6.43 Å². The first-order chi connectivity index (χ1) is 7.00. The van der Waals surface area contributed by atoms with Crippen molar-refractivity contribution >= 4 is 0 Å². The van der Waals surface area contributed by atoms with Crippen LogP contribution >= 0.6 is 0 Å². The van der Waals surface area contributed by atoms with Gasteiger partial charge in [-0.25, -0.2) is 8.78 Å². The van der Waals surface area contributed by atoms with Crippen LogP contribution in [0.15, 0.2) is 24.3 Å². The fourth-order valence-corrected chi connectivity index (χ4v) is 1.37. The van der Waals surface area contributed by atoms with E-state index < -0.39 is 12.5 Å².